The van der Waals surface area contributed by atoms with Crippen LogP contribution in [0.15, 0.2) is 30.6 Å². The van der Waals surface area contributed by atoms with E-state index in [2.05, 4.69) is 4.98 Å². The fraction of sp³-hybridized carbons (Fsp3) is 0. The number of nitrogens with one attached hydrogen (secondary N) is 1. The highest BCUT2D eigenvalue weighted by atomic mass is 19.2. The maximum atomic E-state index is 15.4. The molecule has 0 saturated heterocycles. The van der Waals surface area contributed by atoms with Crippen LogP contribution in [0.1, 0.15) is 0 Å². The zero-order valence-corrected chi connectivity index (χ0v) is 23.5. The monoisotopic (exact) mass is 759 g/mol. The summed E-state index contributed by atoms with van der Waals surface area (Å²) in [6, 6.07) is 5.86. The molecule has 0 bridgehead atoms. The Labute approximate surface area is 268 Å². The smallest absolute Gasteiger partial charge is 0.200 e. The molecule has 4 aromatic carbocycles. The summed E-state index contributed by atoms with van der Waals surface area (Å²) in [4.78, 5) is 2.89. The number of aromatic nitrogens is 1. The maximum Gasteiger partial charge on any atom is 0.200 e. The average Bonchev–Trinajstić information content (AvgIpc) is 3.12. The van der Waals surface area contributed by atoms with Gasteiger partial charge in [-0.3, -0.25) is 0 Å². The third kappa shape index (κ3) is 5.59. The molecule has 0 aliphatic rings. The van der Waals surface area contributed by atoms with Crippen LogP contribution >= 0.6 is 0 Å². The summed E-state index contributed by atoms with van der Waals surface area (Å²) >= 11 is 0. The van der Waals surface area contributed by atoms with Gasteiger partial charge in [-0.1, -0.05) is 6.07 Å². The van der Waals surface area contributed by atoms with Crippen LogP contribution in [0, 0.1) is 116 Å². The molecule has 0 atom stereocenters. The van der Waals surface area contributed by atoms with Gasteiger partial charge in [-0.25, -0.2) is 92.8 Å². The third-order valence-corrected chi connectivity index (χ3v) is 7.31. The first-order valence-corrected chi connectivity index (χ1v) is 12.8. The van der Waals surface area contributed by atoms with Crippen molar-refractivity contribution >= 4 is 28.0 Å². The Morgan fingerprint density at radius 2 is 0.392 bits per heavy atom. The minimum absolute atomic E-state index is 1.88. The topological polar surface area (TPSA) is 14.1 Å². The van der Waals surface area contributed by atoms with Crippen molar-refractivity contribution in [1.82, 2.24) is 0 Å². The SMILES string of the molecule is Fc1c(F)c(F)c([B-](c2c(F)c(F)c(F)c(F)c2F)(c2c(F)c(F)c(F)c(F)c2F)c2c(F)c(F)c(F)c(F)c2F)c(F)c1F.c1cc[nH+]cc1. The molecule has 0 spiro atoms. The molecule has 0 unspecified atom stereocenters. The number of aromatic amines is 1. The van der Waals surface area contributed by atoms with Gasteiger partial charge in [0.25, 0.3) is 0 Å². The first-order valence-electron chi connectivity index (χ1n) is 12.8. The minimum atomic E-state index is -7.22. The molecule has 5 rings (SSSR count). The van der Waals surface area contributed by atoms with Gasteiger partial charge in [0.2, 0.25) is 0 Å². The number of H-pyrrole nitrogens is 1. The van der Waals surface area contributed by atoms with Crippen LogP contribution in [0.3, 0.4) is 0 Å². The molecule has 270 valence electrons. The molecule has 51 heavy (non-hydrogen) atoms. The molecule has 1 aromatic heterocycles. The Morgan fingerprint density at radius 1 is 0.235 bits per heavy atom. The summed E-state index contributed by atoms with van der Waals surface area (Å²) in [7, 11) is 0. The van der Waals surface area contributed by atoms with Crippen LogP contribution in [-0.4, -0.2) is 6.15 Å². The molecular weight excluding hydrogens is 753 g/mol. The first kappa shape index (κ1) is 38.5. The lowest BCUT2D eigenvalue weighted by atomic mass is 9.12. The second-order valence-electron chi connectivity index (χ2n) is 9.88. The number of benzene rings is 4. The van der Waals surface area contributed by atoms with Crippen molar-refractivity contribution in [3.05, 3.63) is 147 Å². The number of hydrogen-bond donors (Lipinski definition) is 0. The Kier molecular flexibility index (Phi) is 10.4. The van der Waals surface area contributed by atoms with Crippen LogP contribution in [0.25, 0.3) is 0 Å². The summed E-state index contributed by atoms with van der Waals surface area (Å²) in [6.45, 7) is 0. The van der Waals surface area contributed by atoms with Crippen LogP contribution < -0.4 is 26.8 Å². The highest BCUT2D eigenvalue weighted by molar-refractivity contribution is 7.20. The molecule has 0 fully saturated rings. The predicted molar refractivity (Wildman–Crippen MR) is 132 cm³/mol. The maximum absolute atomic E-state index is 15.4. The Balaban J connectivity index is 0.000000878. The lowest BCUT2D eigenvalue weighted by Gasteiger charge is -2.44. The molecule has 0 radical (unpaired) electrons. The van der Waals surface area contributed by atoms with E-state index in [-0.39, 0.29) is 0 Å². The van der Waals surface area contributed by atoms with E-state index in [1.54, 1.807) is 0 Å². The molecule has 22 heteroatoms. The molecule has 0 aliphatic heterocycles. The number of rotatable bonds is 4. The minimum Gasteiger partial charge on any atom is -0.218 e. The van der Waals surface area contributed by atoms with Gasteiger partial charge in [-0.05, 0) is 0 Å². The van der Waals surface area contributed by atoms with E-state index in [0.717, 1.165) is 0 Å². The average molecular weight is 759 g/mol. The van der Waals surface area contributed by atoms with Crippen molar-refractivity contribution < 1.29 is 92.8 Å². The Hall–Kier alpha value is -5.31. The fourth-order valence-corrected chi connectivity index (χ4v) is 5.22. The number of halogens is 20. The van der Waals surface area contributed by atoms with Crippen LogP contribution in [0.5, 0.6) is 0 Å². The number of hydrogen-bond acceptors (Lipinski definition) is 0. The zero-order valence-electron chi connectivity index (χ0n) is 23.5. The highest BCUT2D eigenvalue weighted by Crippen LogP contribution is 2.30. The normalized spacial score (nSPS) is 11.5. The summed E-state index contributed by atoms with van der Waals surface area (Å²) in [5.74, 6) is -71.4. The van der Waals surface area contributed by atoms with E-state index in [1.807, 2.05) is 30.6 Å². The van der Waals surface area contributed by atoms with Crippen molar-refractivity contribution in [2.24, 2.45) is 0 Å². The standard InChI is InChI=1S/C24BF20.C5H5N/c26-5-1(6(27)14(35)21(42)13(5)34)25(2-7(28)15(36)22(43)16(37)8(2)29,3-9(30)17(38)23(44)18(39)10(3)31)4-11(32)19(40)24(45)20(41)12(4)33;1-2-4-6-5-3-1/h;1-5H/q-1;/p+1. The van der Waals surface area contributed by atoms with E-state index >= 15 is 35.1 Å². The molecular formula is C29H6BF20N. The zero-order chi connectivity index (χ0) is 38.6. The lowest BCUT2D eigenvalue weighted by Crippen LogP contribution is -2.81. The highest BCUT2D eigenvalue weighted by Gasteiger charge is 2.52. The first-order chi connectivity index (χ1) is 23.7. The predicted octanol–water partition coefficient (Wildman–Crippen LogP) is 6.35. The van der Waals surface area contributed by atoms with Gasteiger partial charge in [-0.15, -0.1) is 21.9 Å². The van der Waals surface area contributed by atoms with E-state index in [4.69, 9.17) is 0 Å². The molecule has 1 heterocycles. The molecule has 0 saturated carbocycles. The fourth-order valence-electron chi connectivity index (χ4n) is 5.22. The van der Waals surface area contributed by atoms with Gasteiger partial charge in [-0.2, -0.15) is 0 Å². The van der Waals surface area contributed by atoms with Crippen molar-refractivity contribution in [3.63, 3.8) is 0 Å². The molecule has 1 N–H and O–H groups in total. The van der Waals surface area contributed by atoms with Crippen LogP contribution in [-0.2, 0) is 0 Å². The van der Waals surface area contributed by atoms with E-state index < -0.39 is 144 Å². The molecule has 1 nitrogen and oxygen atoms in total. The van der Waals surface area contributed by atoms with Crippen LogP contribution in [0.2, 0.25) is 0 Å². The van der Waals surface area contributed by atoms with E-state index in [9.17, 15) is 52.7 Å². The molecule has 0 aliphatic carbocycles. The lowest BCUT2D eigenvalue weighted by molar-refractivity contribution is -0.377. The van der Waals surface area contributed by atoms with Gasteiger partial charge in [0.1, 0.15) is 52.7 Å². The number of pyridine rings is 1. The summed E-state index contributed by atoms with van der Waals surface area (Å²) in [6.07, 6.45) is -3.47. The quantitative estimate of drug-likeness (QED) is 0.0880. The van der Waals surface area contributed by atoms with Crippen molar-refractivity contribution in [2.75, 3.05) is 0 Å². The largest absolute Gasteiger partial charge is 0.218 e. The van der Waals surface area contributed by atoms with Gasteiger partial charge in [0.15, 0.2) is 82.2 Å². The molecule has 0 amide bonds. The van der Waals surface area contributed by atoms with Gasteiger partial charge < -0.3 is 0 Å². The summed E-state index contributed by atoms with van der Waals surface area (Å²) in [5.41, 5.74) is -14.3. The Morgan fingerprint density at radius 3 is 0.510 bits per heavy atom. The van der Waals surface area contributed by atoms with Gasteiger partial charge in [0, 0.05) is 12.1 Å². The van der Waals surface area contributed by atoms with Crippen LogP contribution in [0.4, 0.5) is 87.8 Å². The van der Waals surface area contributed by atoms with Gasteiger partial charge in [0.05, 0.1) is 0 Å². The van der Waals surface area contributed by atoms with Crippen molar-refractivity contribution in [2.45, 2.75) is 0 Å². The van der Waals surface area contributed by atoms with Crippen molar-refractivity contribution in [1.29, 1.82) is 0 Å². The third-order valence-electron chi connectivity index (χ3n) is 7.31. The van der Waals surface area contributed by atoms with Crippen molar-refractivity contribution in [3.8, 4) is 0 Å². The Bertz CT molecular complexity index is 1800. The van der Waals surface area contributed by atoms with E-state index in [1.165, 1.54) is 0 Å². The van der Waals surface area contributed by atoms with Gasteiger partial charge >= 0.3 is 0 Å². The molecule has 5 aromatic rings. The summed E-state index contributed by atoms with van der Waals surface area (Å²) in [5, 5.41) is 0. The second-order valence-corrected chi connectivity index (χ2v) is 9.88. The van der Waals surface area contributed by atoms with E-state index in [0.29, 0.717) is 0 Å². The second kappa shape index (κ2) is 13.8. The summed E-state index contributed by atoms with van der Waals surface area (Å²) < 4.78 is 294.